The summed E-state index contributed by atoms with van der Waals surface area (Å²) in [5.41, 5.74) is 4.10. The van der Waals surface area contributed by atoms with Gasteiger partial charge in [0.15, 0.2) is 0 Å². The van der Waals surface area contributed by atoms with Crippen LogP contribution in [0.1, 0.15) is 24.3 Å². The molecule has 2 amide bonds. The Bertz CT molecular complexity index is 490. The molecule has 0 aliphatic rings. The van der Waals surface area contributed by atoms with Crippen LogP contribution in [0.25, 0.3) is 0 Å². The summed E-state index contributed by atoms with van der Waals surface area (Å²) in [6, 6.07) is 3.02. The molecule has 7 heteroatoms. The van der Waals surface area contributed by atoms with Crippen LogP contribution >= 0.6 is 0 Å². The summed E-state index contributed by atoms with van der Waals surface area (Å²) in [4.78, 5) is 33.6. The molecule has 0 saturated heterocycles. The number of nitrogens with zero attached hydrogens (tertiary/aromatic N) is 1. The van der Waals surface area contributed by atoms with Crippen molar-refractivity contribution < 1.29 is 19.5 Å². The van der Waals surface area contributed by atoms with Crippen molar-refractivity contribution in [3.8, 4) is 0 Å². The molecule has 0 aliphatic heterocycles. The molecular formula is C11H15N3O4. The first-order valence-corrected chi connectivity index (χ1v) is 5.23. The van der Waals surface area contributed by atoms with Gasteiger partial charge in [-0.25, -0.2) is 0 Å². The molecule has 0 saturated carbocycles. The van der Waals surface area contributed by atoms with E-state index in [4.69, 9.17) is 10.8 Å². The van der Waals surface area contributed by atoms with Crippen molar-refractivity contribution in [2.75, 3.05) is 0 Å². The van der Waals surface area contributed by atoms with Gasteiger partial charge in [0.2, 0.25) is 5.91 Å². The Balaban J connectivity index is 2.88. The molecule has 18 heavy (non-hydrogen) atoms. The average molecular weight is 253 g/mol. The number of primary amides is 1. The highest BCUT2D eigenvalue weighted by atomic mass is 16.4. The molecule has 0 fully saturated rings. The Morgan fingerprint density at radius 2 is 2.06 bits per heavy atom. The maximum atomic E-state index is 11.9. The summed E-state index contributed by atoms with van der Waals surface area (Å²) in [7, 11) is 0. The topological polar surface area (TPSA) is 114 Å². The van der Waals surface area contributed by atoms with E-state index < -0.39 is 23.3 Å². The van der Waals surface area contributed by atoms with Gasteiger partial charge in [0.05, 0.1) is 0 Å². The van der Waals surface area contributed by atoms with Gasteiger partial charge >= 0.3 is 5.97 Å². The highest BCUT2D eigenvalue weighted by Crippen LogP contribution is 2.07. The largest absolute Gasteiger partial charge is 0.480 e. The van der Waals surface area contributed by atoms with Gasteiger partial charge in [-0.3, -0.25) is 14.4 Å². The van der Waals surface area contributed by atoms with E-state index in [9.17, 15) is 14.4 Å². The number of carboxylic acids is 1. The molecule has 7 nitrogen and oxygen atoms in total. The lowest BCUT2D eigenvalue weighted by atomic mass is 10.1. The number of hydrogen-bond acceptors (Lipinski definition) is 3. The molecule has 0 bridgehead atoms. The predicted molar refractivity (Wildman–Crippen MR) is 62.8 cm³/mol. The number of carbonyl (C=O) groups excluding carboxylic acids is 2. The molecule has 1 rings (SSSR count). The van der Waals surface area contributed by atoms with Crippen molar-refractivity contribution in [3.63, 3.8) is 0 Å². The molecule has 1 aromatic rings. The Kier molecular flexibility index (Phi) is 3.75. The van der Waals surface area contributed by atoms with Gasteiger partial charge in [-0.2, -0.15) is 0 Å². The van der Waals surface area contributed by atoms with Crippen LogP contribution < -0.4 is 11.1 Å². The number of nitrogens with two attached hydrogens (primary N) is 1. The van der Waals surface area contributed by atoms with Crippen LogP contribution in [0.3, 0.4) is 0 Å². The first-order chi connectivity index (χ1) is 8.24. The monoisotopic (exact) mass is 253 g/mol. The summed E-state index contributed by atoms with van der Waals surface area (Å²) in [5.74, 6) is -2.29. The number of nitrogens with one attached hydrogen (secondary N) is 1. The van der Waals surface area contributed by atoms with Crippen molar-refractivity contribution >= 4 is 17.8 Å². The second-order valence-electron chi connectivity index (χ2n) is 4.36. The predicted octanol–water partition coefficient (Wildman–Crippen LogP) is -0.434. The molecule has 1 aromatic heterocycles. The summed E-state index contributed by atoms with van der Waals surface area (Å²) in [6.07, 6.45) is 1.47. The maximum Gasteiger partial charge on any atom is 0.323 e. The highest BCUT2D eigenvalue weighted by molar-refractivity contribution is 5.97. The van der Waals surface area contributed by atoms with Crippen molar-refractivity contribution in [1.82, 2.24) is 9.88 Å². The number of hydrogen-bond donors (Lipinski definition) is 3. The van der Waals surface area contributed by atoms with Crippen LogP contribution in [0.4, 0.5) is 0 Å². The number of amides is 2. The number of rotatable bonds is 5. The molecule has 0 atom stereocenters. The second kappa shape index (κ2) is 4.91. The van der Waals surface area contributed by atoms with E-state index in [1.807, 2.05) is 0 Å². The van der Waals surface area contributed by atoms with Gasteiger partial charge in [-0.1, -0.05) is 0 Å². The quantitative estimate of drug-likeness (QED) is 0.660. The third kappa shape index (κ3) is 3.09. The minimum Gasteiger partial charge on any atom is -0.480 e. The van der Waals surface area contributed by atoms with Gasteiger partial charge in [0, 0.05) is 6.20 Å². The summed E-state index contributed by atoms with van der Waals surface area (Å²) >= 11 is 0. The standard InChI is InChI=1S/C11H15N3O4/c1-11(2,10(12)18)13-9(17)7-4-3-5-14(7)6-8(15)16/h3-5H,6H2,1-2H3,(H2,12,18)(H,13,17)(H,15,16). The summed E-state index contributed by atoms with van der Waals surface area (Å²) in [5, 5.41) is 11.1. The van der Waals surface area contributed by atoms with Crippen LogP contribution in [-0.4, -0.2) is 33.0 Å². The van der Waals surface area contributed by atoms with Gasteiger partial charge in [0.1, 0.15) is 17.8 Å². The molecular weight excluding hydrogens is 238 g/mol. The fraction of sp³-hybridized carbons (Fsp3) is 0.364. The molecule has 1 heterocycles. The van der Waals surface area contributed by atoms with Crippen LogP contribution in [-0.2, 0) is 16.1 Å². The number of aliphatic carboxylic acids is 1. The molecule has 4 N–H and O–H groups in total. The second-order valence-corrected chi connectivity index (χ2v) is 4.36. The van der Waals surface area contributed by atoms with E-state index in [0.29, 0.717) is 0 Å². The lowest BCUT2D eigenvalue weighted by molar-refractivity contribution is -0.137. The Morgan fingerprint density at radius 3 is 2.56 bits per heavy atom. The third-order valence-electron chi connectivity index (χ3n) is 2.41. The SMILES string of the molecule is CC(C)(NC(=O)c1cccn1CC(=O)O)C(N)=O. The zero-order chi connectivity index (χ0) is 13.9. The molecule has 98 valence electrons. The highest BCUT2D eigenvalue weighted by Gasteiger charge is 2.28. The lowest BCUT2D eigenvalue weighted by Crippen LogP contribution is -2.53. The number of carbonyl (C=O) groups is 3. The van der Waals surface area contributed by atoms with E-state index in [0.717, 1.165) is 0 Å². The summed E-state index contributed by atoms with van der Waals surface area (Å²) in [6.45, 7) is 2.61. The smallest absolute Gasteiger partial charge is 0.323 e. The fourth-order valence-corrected chi connectivity index (χ4v) is 1.31. The first kappa shape index (κ1) is 13.8. The lowest BCUT2D eigenvalue weighted by Gasteiger charge is -2.22. The normalized spacial score (nSPS) is 11.0. The number of carboxylic acid groups (broad SMARTS) is 1. The molecule has 0 unspecified atom stereocenters. The minimum absolute atomic E-state index is 0.159. The van der Waals surface area contributed by atoms with E-state index in [1.165, 1.54) is 30.7 Å². The Hall–Kier alpha value is -2.31. The van der Waals surface area contributed by atoms with Crippen LogP contribution in [0.5, 0.6) is 0 Å². The van der Waals surface area contributed by atoms with E-state index in [2.05, 4.69) is 5.32 Å². The molecule has 0 spiro atoms. The zero-order valence-corrected chi connectivity index (χ0v) is 10.1. The van der Waals surface area contributed by atoms with E-state index in [-0.39, 0.29) is 12.2 Å². The van der Waals surface area contributed by atoms with Gasteiger partial charge in [-0.05, 0) is 26.0 Å². The molecule has 0 aliphatic carbocycles. The van der Waals surface area contributed by atoms with Crippen LogP contribution in [0.15, 0.2) is 18.3 Å². The van der Waals surface area contributed by atoms with Gasteiger partial charge < -0.3 is 20.7 Å². The molecule has 0 aromatic carbocycles. The van der Waals surface area contributed by atoms with Crippen molar-refractivity contribution in [2.24, 2.45) is 5.73 Å². The van der Waals surface area contributed by atoms with Gasteiger partial charge in [-0.15, -0.1) is 0 Å². The van der Waals surface area contributed by atoms with Crippen LogP contribution in [0, 0.1) is 0 Å². The van der Waals surface area contributed by atoms with Gasteiger partial charge in [0.25, 0.3) is 5.91 Å². The zero-order valence-electron chi connectivity index (χ0n) is 10.1. The van der Waals surface area contributed by atoms with Crippen LogP contribution in [0.2, 0.25) is 0 Å². The summed E-state index contributed by atoms with van der Waals surface area (Å²) < 4.78 is 1.27. The van der Waals surface area contributed by atoms with Crippen molar-refractivity contribution in [3.05, 3.63) is 24.0 Å². The van der Waals surface area contributed by atoms with E-state index in [1.54, 1.807) is 6.07 Å². The first-order valence-electron chi connectivity index (χ1n) is 5.23. The minimum atomic E-state index is -1.20. The Morgan fingerprint density at radius 1 is 1.44 bits per heavy atom. The van der Waals surface area contributed by atoms with Crippen molar-refractivity contribution in [1.29, 1.82) is 0 Å². The Labute approximate surface area is 104 Å². The van der Waals surface area contributed by atoms with E-state index >= 15 is 0 Å². The maximum absolute atomic E-state index is 11.9. The average Bonchev–Trinajstić information content (AvgIpc) is 2.63. The number of aromatic nitrogens is 1. The fourth-order valence-electron chi connectivity index (χ4n) is 1.31. The third-order valence-corrected chi connectivity index (χ3v) is 2.41. The molecule has 0 radical (unpaired) electrons. The van der Waals surface area contributed by atoms with Crippen molar-refractivity contribution in [2.45, 2.75) is 25.9 Å².